The van der Waals surface area contributed by atoms with Gasteiger partial charge in [-0.3, -0.25) is 0 Å². The normalized spacial score (nSPS) is 12.3. The quantitative estimate of drug-likeness (QED) is 0.713. The van der Waals surface area contributed by atoms with Crippen molar-refractivity contribution in [3.8, 4) is 0 Å². The van der Waals surface area contributed by atoms with Crippen LogP contribution in [0.5, 0.6) is 0 Å². The predicted molar refractivity (Wildman–Crippen MR) is 87.7 cm³/mol. The van der Waals surface area contributed by atoms with Crippen LogP contribution in [0.3, 0.4) is 0 Å². The third-order valence-corrected chi connectivity index (χ3v) is 5.56. The molecule has 0 atom stereocenters. The van der Waals surface area contributed by atoms with Crippen LogP contribution < -0.4 is 5.32 Å². The lowest BCUT2D eigenvalue weighted by Crippen LogP contribution is -2.30. The van der Waals surface area contributed by atoms with Crippen molar-refractivity contribution in [3.05, 3.63) is 29.8 Å². The Morgan fingerprint density at radius 3 is 2.14 bits per heavy atom. The van der Waals surface area contributed by atoms with Gasteiger partial charge in [-0.15, -0.1) is 0 Å². The van der Waals surface area contributed by atoms with Gasteiger partial charge in [-0.2, -0.15) is 4.31 Å². The van der Waals surface area contributed by atoms with Crippen LogP contribution in [-0.4, -0.2) is 32.4 Å². The highest BCUT2D eigenvalue weighted by atomic mass is 32.2. The average Bonchev–Trinajstić information content (AvgIpc) is 2.45. The summed E-state index contributed by atoms with van der Waals surface area (Å²) in [5.74, 6) is 0.694. The molecule has 0 aliphatic heterocycles. The van der Waals surface area contributed by atoms with E-state index in [0.717, 1.165) is 25.1 Å². The van der Waals surface area contributed by atoms with Crippen molar-refractivity contribution in [2.24, 2.45) is 5.92 Å². The number of sulfonamides is 1. The van der Waals surface area contributed by atoms with Gasteiger partial charge in [0.15, 0.2) is 0 Å². The van der Waals surface area contributed by atoms with Crippen LogP contribution >= 0.6 is 0 Å². The molecular formula is C16H28N2O2S. The van der Waals surface area contributed by atoms with E-state index >= 15 is 0 Å². The highest BCUT2D eigenvalue weighted by Crippen LogP contribution is 2.16. The molecule has 0 aromatic heterocycles. The van der Waals surface area contributed by atoms with Gasteiger partial charge in [0.25, 0.3) is 0 Å². The van der Waals surface area contributed by atoms with Crippen LogP contribution in [0.25, 0.3) is 0 Å². The summed E-state index contributed by atoms with van der Waals surface area (Å²) in [6.07, 6.45) is 1.15. The fourth-order valence-corrected chi connectivity index (χ4v) is 3.57. The largest absolute Gasteiger partial charge is 0.313 e. The van der Waals surface area contributed by atoms with Crippen LogP contribution in [0.4, 0.5) is 0 Å². The van der Waals surface area contributed by atoms with E-state index in [2.05, 4.69) is 19.2 Å². The van der Waals surface area contributed by atoms with E-state index in [1.54, 1.807) is 12.1 Å². The van der Waals surface area contributed by atoms with Gasteiger partial charge in [-0.05, 0) is 36.6 Å². The highest BCUT2D eigenvalue weighted by molar-refractivity contribution is 7.89. The minimum Gasteiger partial charge on any atom is -0.313 e. The molecule has 0 amide bonds. The Labute approximate surface area is 129 Å². The maximum absolute atomic E-state index is 12.4. The first-order valence-corrected chi connectivity index (χ1v) is 9.15. The Bertz CT molecular complexity index is 506. The molecule has 0 unspecified atom stereocenters. The molecule has 21 heavy (non-hydrogen) atoms. The molecule has 0 saturated carbocycles. The monoisotopic (exact) mass is 312 g/mol. The fraction of sp³-hybridized carbons (Fsp3) is 0.625. The Morgan fingerprint density at radius 1 is 1.10 bits per heavy atom. The van der Waals surface area contributed by atoms with Gasteiger partial charge in [0.05, 0.1) is 4.90 Å². The van der Waals surface area contributed by atoms with Crippen molar-refractivity contribution in [2.45, 2.75) is 45.6 Å². The van der Waals surface area contributed by atoms with Crippen LogP contribution in [0.15, 0.2) is 29.2 Å². The minimum atomic E-state index is -3.34. The molecule has 1 N–H and O–H groups in total. The molecule has 0 bridgehead atoms. The zero-order chi connectivity index (χ0) is 15.9. The number of rotatable bonds is 9. The predicted octanol–water partition coefficient (Wildman–Crippen LogP) is 2.85. The molecule has 0 aliphatic carbocycles. The molecule has 0 spiro atoms. The number of nitrogens with one attached hydrogen (secondary N) is 1. The van der Waals surface area contributed by atoms with Gasteiger partial charge in [0.1, 0.15) is 0 Å². The van der Waals surface area contributed by atoms with E-state index in [-0.39, 0.29) is 0 Å². The molecule has 0 saturated heterocycles. The number of benzene rings is 1. The number of hydrogen-bond donors (Lipinski definition) is 1. The van der Waals surface area contributed by atoms with Crippen molar-refractivity contribution >= 4 is 10.0 Å². The Hall–Kier alpha value is -0.910. The second-order valence-electron chi connectivity index (χ2n) is 5.59. The van der Waals surface area contributed by atoms with E-state index in [1.165, 1.54) is 4.31 Å². The topological polar surface area (TPSA) is 49.4 Å². The van der Waals surface area contributed by atoms with E-state index in [4.69, 9.17) is 0 Å². The van der Waals surface area contributed by atoms with Gasteiger partial charge in [-0.1, -0.05) is 39.8 Å². The van der Waals surface area contributed by atoms with Crippen molar-refractivity contribution in [1.82, 2.24) is 9.62 Å². The van der Waals surface area contributed by atoms with E-state index in [9.17, 15) is 8.42 Å². The maximum Gasteiger partial charge on any atom is 0.243 e. The third kappa shape index (κ3) is 5.41. The summed E-state index contributed by atoms with van der Waals surface area (Å²) in [4.78, 5) is 0.372. The Morgan fingerprint density at radius 2 is 1.67 bits per heavy atom. The zero-order valence-corrected chi connectivity index (χ0v) is 14.4. The van der Waals surface area contributed by atoms with E-state index in [1.807, 2.05) is 26.0 Å². The molecule has 120 valence electrons. The summed E-state index contributed by atoms with van der Waals surface area (Å²) in [6.45, 7) is 10.9. The molecular weight excluding hydrogens is 284 g/mol. The van der Waals surface area contributed by atoms with Crippen LogP contribution in [0, 0.1) is 5.92 Å². The van der Waals surface area contributed by atoms with Crippen molar-refractivity contribution in [1.29, 1.82) is 0 Å². The van der Waals surface area contributed by atoms with Crippen molar-refractivity contribution < 1.29 is 8.42 Å². The average molecular weight is 312 g/mol. The SMILES string of the molecule is CCN(CC)S(=O)(=O)c1ccc(CNCCC(C)C)cc1. The lowest BCUT2D eigenvalue weighted by molar-refractivity contribution is 0.445. The van der Waals surface area contributed by atoms with E-state index in [0.29, 0.717) is 23.9 Å². The summed E-state index contributed by atoms with van der Waals surface area (Å²) >= 11 is 0. The van der Waals surface area contributed by atoms with Gasteiger partial charge in [-0.25, -0.2) is 8.42 Å². The number of nitrogens with zero attached hydrogens (tertiary/aromatic N) is 1. The Kier molecular flexibility index (Phi) is 7.35. The van der Waals surface area contributed by atoms with Gasteiger partial charge in [0.2, 0.25) is 10.0 Å². The first-order valence-electron chi connectivity index (χ1n) is 7.71. The standard InChI is InChI=1S/C16H28N2O2S/c1-5-18(6-2)21(19,20)16-9-7-15(8-10-16)13-17-12-11-14(3)4/h7-10,14,17H,5-6,11-13H2,1-4H3. The highest BCUT2D eigenvalue weighted by Gasteiger charge is 2.20. The summed E-state index contributed by atoms with van der Waals surface area (Å²) in [7, 11) is -3.34. The van der Waals surface area contributed by atoms with Crippen molar-refractivity contribution in [3.63, 3.8) is 0 Å². The second-order valence-corrected chi connectivity index (χ2v) is 7.53. The maximum atomic E-state index is 12.4. The van der Waals surface area contributed by atoms with Gasteiger partial charge in [0, 0.05) is 19.6 Å². The molecule has 0 heterocycles. The summed E-state index contributed by atoms with van der Waals surface area (Å²) < 4.78 is 26.2. The van der Waals surface area contributed by atoms with E-state index < -0.39 is 10.0 Å². The molecule has 1 aromatic carbocycles. The van der Waals surface area contributed by atoms with Crippen molar-refractivity contribution in [2.75, 3.05) is 19.6 Å². The molecule has 1 aromatic rings. The second kappa shape index (κ2) is 8.51. The number of hydrogen-bond acceptors (Lipinski definition) is 3. The van der Waals surface area contributed by atoms with Crippen LogP contribution in [-0.2, 0) is 16.6 Å². The smallest absolute Gasteiger partial charge is 0.243 e. The van der Waals surface area contributed by atoms with Crippen LogP contribution in [0.2, 0.25) is 0 Å². The molecule has 1 rings (SSSR count). The Balaban J connectivity index is 2.65. The van der Waals surface area contributed by atoms with Gasteiger partial charge >= 0.3 is 0 Å². The molecule has 4 nitrogen and oxygen atoms in total. The molecule has 5 heteroatoms. The first kappa shape index (κ1) is 18.1. The lowest BCUT2D eigenvalue weighted by atomic mass is 10.1. The minimum absolute atomic E-state index is 0.372. The zero-order valence-electron chi connectivity index (χ0n) is 13.6. The molecule has 0 radical (unpaired) electrons. The first-order chi connectivity index (χ1) is 9.91. The lowest BCUT2D eigenvalue weighted by Gasteiger charge is -2.18. The van der Waals surface area contributed by atoms with Crippen LogP contribution in [0.1, 0.15) is 39.7 Å². The molecule has 0 aliphatic rings. The summed E-state index contributed by atoms with van der Waals surface area (Å²) in [6, 6.07) is 7.18. The fourth-order valence-electron chi connectivity index (χ4n) is 2.12. The summed E-state index contributed by atoms with van der Waals surface area (Å²) in [5, 5.41) is 3.38. The summed E-state index contributed by atoms with van der Waals surface area (Å²) in [5.41, 5.74) is 1.11. The molecule has 0 fully saturated rings. The third-order valence-electron chi connectivity index (χ3n) is 3.49. The van der Waals surface area contributed by atoms with Gasteiger partial charge < -0.3 is 5.32 Å².